The van der Waals surface area contributed by atoms with Gasteiger partial charge in [-0.05, 0) is 25.0 Å². The molecule has 1 unspecified atom stereocenters. The SMILES string of the molecule is CCC(=O)C(Br)Cc1cc(C)ccc1Br. The van der Waals surface area contributed by atoms with E-state index in [4.69, 9.17) is 0 Å². The summed E-state index contributed by atoms with van der Waals surface area (Å²) in [5.74, 6) is 0.253. The number of halogens is 2. The normalized spacial score (nSPS) is 12.5. The molecule has 0 amide bonds. The molecule has 0 heterocycles. The van der Waals surface area contributed by atoms with E-state index in [1.165, 1.54) is 11.1 Å². The van der Waals surface area contributed by atoms with E-state index in [-0.39, 0.29) is 10.6 Å². The lowest BCUT2D eigenvalue weighted by atomic mass is 10.0. The average Bonchev–Trinajstić information content (AvgIpc) is 2.22. The Morgan fingerprint density at radius 2 is 2.13 bits per heavy atom. The Morgan fingerprint density at radius 1 is 1.47 bits per heavy atom. The third-order valence-corrected chi connectivity index (χ3v) is 3.91. The summed E-state index contributed by atoms with van der Waals surface area (Å²) in [6.45, 7) is 3.95. The van der Waals surface area contributed by atoms with Crippen LogP contribution in [0.15, 0.2) is 22.7 Å². The van der Waals surface area contributed by atoms with Crippen LogP contribution in [0.25, 0.3) is 0 Å². The molecular weight excluding hydrogens is 320 g/mol. The summed E-state index contributed by atoms with van der Waals surface area (Å²) < 4.78 is 1.07. The molecule has 0 spiro atoms. The van der Waals surface area contributed by atoms with E-state index < -0.39 is 0 Å². The second-order valence-electron chi connectivity index (χ2n) is 3.59. The van der Waals surface area contributed by atoms with Crippen molar-refractivity contribution in [1.82, 2.24) is 0 Å². The fourth-order valence-electron chi connectivity index (χ4n) is 1.39. The zero-order chi connectivity index (χ0) is 11.4. The first kappa shape index (κ1) is 12.9. The monoisotopic (exact) mass is 332 g/mol. The van der Waals surface area contributed by atoms with Crippen LogP contribution in [0.3, 0.4) is 0 Å². The Balaban J connectivity index is 2.80. The molecule has 0 aliphatic rings. The molecule has 0 aliphatic heterocycles. The van der Waals surface area contributed by atoms with Crippen LogP contribution in [0.1, 0.15) is 24.5 Å². The van der Waals surface area contributed by atoms with E-state index in [2.05, 4.69) is 50.9 Å². The van der Waals surface area contributed by atoms with Crippen LogP contribution in [0.2, 0.25) is 0 Å². The molecule has 1 nitrogen and oxygen atoms in total. The predicted molar refractivity (Wildman–Crippen MR) is 70.6 cm³/mol. The number of ketones is 1. The minimum atomic E-state index is -0.0689. The molecule has 0 fully saturated rings. The molecule has 1 atom stereocenters. The maximum Gasteiger partial charge on any atom is 0.146 e. The van der Waals surface area contributed by atoms with E-state index in [0.717, 1.165) is 10.9 Å². The van der Waals surface area contributed by atoms with Crippen LogP contribution >= 0.6 is 31.9 Å². The average molecular weight is 334 g/mol. The predicted octanol–water partition coefficient (Wildman–Crippen LogP) is 4.04. The minimum absolute atomic E-state index is 0.0689. The van der Waals surface area contributed by atoms with Gasteiger partial charge in [0, 0.05) is 10.9 Å². The Kier molecular flexibility index (Phi) is 5.00. The summed E-state index contributed by atoms with van der Waals surface area (Å²) in [6, 6.07) is 6.19. The molecule has 1 aromatic carbocycles. The third-order valence-electron chi connectivity index (χ3n) is 2.30. The van der Waals surface area contributed by atoms with E-state index in [0.29, 0.717) is 6.42 Å². The first-order chi connectivity index (χ1) is 7.04. The second-order valence-corrected chi connectivity index (χ2v) is 5.55. The number of carbonyl (C=O) groups is 1. The van der Waals surface area contributed by atoms with E-state index in [9.17, 15) is 4.79 Å². The highest BCUT2D eigenvalue weighted by molar-refractivity contribution is 9.10. The van der Waals surface area contributed by atoms with Gasteiger partial charge in [-0.25, -0.2) is 0 Å². The molecule has 82 valence electrons. The number of rotatable bonds is 4. The topological polar surface area (TPSA) is 17.1 Å². The summed E-state index contributed by atoms with van der Waals surface area (Å²) in [6.07, 6.45) is 1.33. The van der Waals surface area contributed by atoms with E-state index in [1.54, 1.807) is 0 Å². The number of benzene rings is 1. The minimum Gasteiger partial charge on any atom is -0.298 e. The molecule has 0 saturated carbocycles. The number of hydrogen-bond donors (Lipinski definition) is 0. The van der Waals surface area contributed by atoms with Gasteiger partial charge in [0.05, 0.1) is 4.83 Å². The number of alkyl halides is 1. The lowest BCUT2D eigenvalue weighted by molar-refractivity contribution is -0.118. The molecule has 0 aromatic heterocycles. The van der Waals surface area contributed by atoms with Crippen molar-refractivity contribution in [3.05, 3.63) is 33.8 Å². The van der Waals surface area contributed by atoms with Gasteiger partial charge < -0.3 is 0 Å². The number of hydrogen-bond acceptors (Lipinski definition) is 1. The van der Waals surface area contributed by atoms with Gasteiger partial charge in [-0.15, -0.1) is 0 Å². The van der Waals surface area contributed by atoms with Crippen LogP contribution in [0.4, 0.5) is 0 Å². The summed E-state index contributed by atoms with van der Waals surface area (Å²) in [5, 5.41) is 0. The quantitative estimate of drug-likeness (QED) is 0.760. The highest BCUT2D eigenvalue weighted by atomic mass is 79.9. The first-order valence-electron chi connectivity index (χ1n) is 4.96. The molecule has 0 aliphatic carbocycles. The smallest absolute Gasteiger partial charge is 0.146 e. The maximum atomic E-state index is 11.5. The summed E-state index contributed by atoms with van der Waals surface area (Å²) in [5.41, 5.74) is 2.40. The summed E-state index contributed by atoms with van der Waals surface area (Å²) in [7, 11) is 0. The highest BCUT2D eigenvalue weighted by Crippen LogP contribution is 2.22. The van der Waals surface area contributed by atoms with Crippen molar-refractivity contribution >= 4 is 37.6 Å². The highest BCUT2D eigenvalue weighted by Gasteiger charge is 2.14. The van der Waals surface area contributed by atoms with Gasteiger partial charge in [0.2, 0.25) is 0 Å². The zero-order valence-electron chi connectivity index (χ0n) is 8.89. The Bertz CT molecular complexity index is 361. The van der Waals surface area contributed by atoms with E-state index >= 15 is 0 Å². The molecule has 3 heteroatoms. The lowest BCUT2D eigenvalue weighted by Gasteiger charge is -2.10. The van der Waals surface area contributed by atoms with E-state index in [1.807, 2.05) is 13.0 Å². The van der Waals surface area contributed by atoms with Crippen LogP contribution in [0, 0.1) is 6.92 Å². The number of Topliss-reactive ketones (excluding diaryl/α,β-unsaturated/α-hetero) is 1. The first-order valence-corrected chi connectivity index (χ1v) is 6.67. The van der Waals surface area contributed by atoms with Crippen molar-refractivity contribution in [1.29, 1.82) is 0 Å². The number of carbonyl (C=O) groups excluding carboxylic acids is 1. The van der Waals surface area contributed by atoms with Crippen LogP contribution in [-0.2, 0) is 11.2 Å². The Labute approximate surface area is 108 Å². The standard InChI is InChI=1S/C12H14Br2O/c1-3-12(15)11(14)7-9-6-8(2)4-5-10(9)13/h4-6,11H,3,7H2,1-2H3. The molecule has 1 rings (SSSR count). The Hall–Kier alpha value is -0.150. The fourth-order valence-corrected chi connectivity index (χ4v) is 2.47. The molecular formula is C12H14Br2O. The molecule has 1 aromatic rings. The lowest BCUT2D eigenvalue weighted by Crippen LogP contribution is -2.15. The summed E-state index contributed by atoms with van der Waals surface area (Å²) in [4.78, 5) is 11.4. The van der Waals surface area contributed by atoms with Gasteiger partial charge in [0.15, 0.2) is 0 Å². The van der Waals surface area contributed by atoms with Gasteiger partial charge in [-0.2, -0.15) is 0 Å². The third kappa shape index (κ3) is 3.72. The maximum absolute atomic E-state index is 11.5. The largest absolute Gasteiger partial charge is 0.298 e. The van der Waals surface area contributed by atoms with Gasteiger partial charge in [0.25, 0.3) is 0 Å². The van der Waals surface area contributed by atoms with Gasteiger partial charge in [-0.1, -0.05) is 56.5 Å². The van der Waals surface area contributed by atoms with Crippen molar-refractivity contribution < 1.29 is 4.79 Å². The van der Waals surface area contributed by atoms with Crippen LogP contribution in [-0.4, -0.2) is 10.6 Å². The van der Waals surface area contributed by atoms with Crippen molar-refractivity contribution in [3.8, 4) is 0 Å². The molecule has 15 heavy (non-hydrogen) atoms. The fraction of sp³-hybridized carbons (Fsp3) is 0.417. The molecule has 0 saturated heterocycles. The Morgan fingerprint density at radius 3 is 2.73 bits per heavy atom. The summed E-state index contributed by atoms with van der Waals surface area (Å²) >= 11 is 6.93. The molecule has 0 radical (unpaired) electrons. The van der Waals surface area contributed by atoms with Crippen molar-refractivity contribution in [3.63, 3.8) is 0 Å². The number of aryl methyl sites for hydroxylation is 1. The van der Waals surface area contributed by atoms with Gasteiger partial charge >= 0.3 is 0 Å². The van der Waals surface area contributed by atoms with Gasteiger partial charge in [-0.3, -0.25) is 4.79 Å². The zero-order valence-corrected chi connectivity index (χ0v) is 12.1. The van der Waals surface area contributed by atoms with Crippen molar-refractivity contribution in [2.75, 3.05) is 0 Å². The second kappa shape index (κ2) is 5.80. The van der Waals surface area contributed by atoms with Crippen molar-refractivity contribution in [2.24, 2.45) is 0 Å². The van der Waals surface area contributed by atoms with Crippen LogP contribution in [0.5, 0.6) is 0 Å². The molecule has 0 bridgehead atoms. The van der Waals surface area contributed by atoms with Crippen molar-refractivity contribution in [2.45, 2.75) is 31.5 Å². The molecule has 0 N–H and O–H groups in total. The van der Waals surface area contributed by atoms with Gasteiger partial charge in [0.1, 0.15) is 5.78 Å². The van der Waals surface area contributed by atoms with Crippen LogP contribution < -0.4 is 0 Å².